The van der Waals surface area contributed by atoms with Crippen LogP contribution < -0.4 is 4.74 Å². The number of carbonyl (C=O) groups is 1. The molecule has 4 aromatic rings. The van der Waals surface area contributed by atoms with Gasteiger partial charge in [-0.2, -0.15) is 4.98 Å². The molecular weight excluding hydrogens is 636 g/mol. The Morgan fingerprint density at radius 2 is 2.00 bits per heavy atom. The van der Waals surface area contributed by atoms with E-state index < -0.39 is 41.8 Å². The molecule has 3 atom stereocenters. The van der Waals surface area contributed by atoms with Crippen LogP contribution >= 0.6 is 11.6 Å². The van der Waals surface area contributed by atoms with E-state index in [0.29, 0.717) is 28.9 Å². The molecule has 0 aliphatic carbocycles. The van der Waals surface area contributed by atoms with Gasteiger partial charge in [-0.25, -0.2) is 22.1 Å². The van der Waals surface area contributed by atoms with E-state index in [-0.39, 0.29) is 41.6 Å². The lowest BCUT2D eigenvalue weighted by molar-refractivity contribution is -0.406. The van der Waals surface area contributed by atoms with E-state index in [9.17, 15) is 9.18 Å². The minimum atomic E-state index is -3.23. The number of hydrogen-bond acceptors (Lipinski definition) is 6. The number of hydrogen-bond donors (Lipinski definition) is 0. The van der Waals surface area contributed by atoms with Gasteiger partial charge < -0.3 is 9.64 Å². The van der Waals surface area contributed by atoms with Gasteiger partial charge in [0, 0.05) is 46.7 Å². The molecule has 3 aliphatic rings. The molecule has 7 rings (SSSR count). The van der Waals surface area contributed by atoms with Crippen molar-refractivity contribution in [2.45, 2.75) is 36.9 Å². The van der Waals surface area contributed by atoms with Crippen LogP contribution in [0.3, 0.4) is 0 Å². The van der Waals surface area contributed by atoms with Crippen molar-refractivity contribution >= 4 is 51.2 Å². The third kappa shape index (κ3) is 5.50. The lowest BCUT2D eigenvalue weighted by Crippen LogP contribution is -2.43. The molecule has 3 aliphatic heterocycles. The molecule has 1 amide bonds. The highest BCUT2D eigenvalue weighted by Gasteiger charge is 2.51. The molecule has 244 valence electrons. The Morgan fingerprint density at radius 3 is 2.79 bits per heavy atom. The summed E-state index contributed by atoms with van der Waals surface area (Å²) in [6.45, 7) is 3.56. The third-order valence-electron chi connectivity index (χ3n) is 9.57. The van der Waals surface area contributed by atoms with Crippen molar-refractivity contribution in [2.24, 2.45) is 5.92 Å². The van der Waals surface area contributed by atoms with Crippen LogP contribution in [0.4, 0.5) is 23.4 Å². The van der Waals surface area contributed by atoms with E-state index >= 15 is 13.2 Å². The summed E-state index contributed by atoms with van der Waals surface area (Å²) in [4.78, 5) is 28.7. The van der Waals surface area contributed by atoms with Crippen LogP contribution in [0.15, 0.2) is 55.3 Å². The van der Waals surface area contributed by atoms with E-state index in [1.165, 1.54) is 24.0 Å². The summed E-state index contributed by atoms with van der Waals surface area (Å²) in [5.41, 5.74) is -0.203. The first kappa shape index (κ1) is 31.4. The van der Waals surface area contributed by atoms with Crippen LogP contribution in [0.5, 0.6) is 6.01 Å². The molecule has 0 radical (unpaired) electrons. The maximum Gasteiger partial charge on any atom is 0.434 e. The van der Waals surface area contributed by atoms with Gasteiger partial charge in [0.1, 0.15) is 29.4 Å². The SMILES string of the molecule is C=CC(=O)N1CC(C=[N+](C)c2nc(OC[C@@]34CCCN3C[C@H](F)C4)nc3c(F)c(-c4cccc5cccc(Cl)c45)ncc23)C(F)(F)C1. The summed E-state index contributed by atoms with van der Waals surface area (Å²) in [6.07, 6.45) is 4.63. The number of nitrogens with zero attached hydrogens (tertiary/aromatic N) is 6. The summed E-state index contributed by atoms with van der Waals surface area (Å²) in [7, 11) is 1.51. The molecule has 3 fully saturated rings. The number of fused-ring (bicyclic) bond motifs is 3. The second kappa shape index (κ2) is 11.8. The van der Waals surface area contributed by atoms with Gasteiger partial charge in [-0.1, -0.05) is 48.5 Å². The van der Waals surface area contributed by atoms with Crippen molar-refractivity contribution in [2.75, 3.05) is 39.8 Å². The Hall–Kier alpha value is -4.16. The molecule has 2 aromatic heterocycles. The number of ether oxygens (including phenoxy) is 1. The molecule has 5 heterocycles. The van der Waals surface area contributed by atoms with Crippen LogP contribution in [-0.2, 0) is 4.79 Å². The first-order valence-electron chi connectivity index (χ1n) is 15.4. The number of carbonyl (C=O) groups excluding carboxylic acids is 1. The highest BCUT2D eigenvalue weighted by molar-refractivity contribution is 6.36. The van der Waals surface area contributed by atoms with Gasteiger partial charge in [0.05, 0.1) is 31.3 Å². The van der Waals surface area contributed by atoms with E-state index in [4.69, 9.17) is 16.3 Å². The van der Waals surface area contributed by atoms with Crippen molar-refractivity contribution in [1.82, 2.24) is 24.8 Å². The predicted octanol–water partition coefficient (Wildman–Crippen LogP) is 6.22. The fourth-order valence-electron chi connectivity index (χ4n) is 7.28. The number of rotatable bonds is 7. The smallest absolute Gasteiger partial charge is 0.434 e. The van der Waals surface area contributed by atoms with Gasteiger partial charge in [-0.3, -0.25) is 14.7 Å². The third-order valence-corrected chi connectivity index (χ3v) is 9.88. The Kier molecular flexibility index (Phi) is 7.91. The summed E-state index contributed by atoms with van der Waals surface area (Å²) in [6, 6.07) is 10.5. The Bertz CT molecular complexity index is 1950. The van der Waals surface area contributed by atoms with Gasteiger partial charge in [0.2, 0.25) is 5.91 Å². The molecule has 0 N–H and O–H groups in total. The first-order chi connectivity index (χ1) is 22.5. The van der Waals surface area contributed by atoms with E-state index in [1.54, 1.807) is 24.3 Å². The molecule has 0 bridgehead atoms. The van der Waals surface area contributed by atoms with Gasteiger partial charge in [0.25, 0.3) is 5.92 Å². The van der Waals surface area contributed by atoms with Crippen molar-refractivity contribution in [1.29, 1.82) is 0 Å². The standard InChI is InChI=1S/C34H32ClF4N6O2/c1-3-26(46)44-16-21(34(38,39)18-44)15-43(2)31-24-14-40-29(23-9-4-7-20-8-5-10-25(35)27(20)23)28(37)30(24)41-32(42-31)47-19-33-11-6-12-45(33)17-22(36)13-33/h3-5,7-10,14-15,21-22H,1,6,11-13,16-19H2,2H3/q+1/t21?,22-,33+/m1/s1. The van der Waals surface area contributed by atoms with Gasteiger partial charge in [-0.05, 0) is 36.9 Å². The van der Waals surface area contributed by atoms with E-state index in [2.05, 4.69) is 26.4 Å². The largest absolute Gasteiger partial charge is 0.443 e. The first-order valence-corrected chi connectivity index (χ1v) is 15.8. The molecule has 1 unspecified atom stereocenters. The molecule has 0 saturated carbocycles. The normalized spacial score (nSPS) is 24.3. The number of alkyl halides is 3. The summed E-state index contributed by atoms with van der Waals surface area (Å²) in [5, 5.41) is 1.99. The second-order valence-corrected chi connectivity index (χ2v) is 13.0. The van der Waals surface area contributed by atoms with E-state index in [1.807, 2.05) is 12.1 Å². The minimum Gasteiger partial charge on any atom is -0.443 e. The fourth-order valence-corrected chi connectivity index (χ4v) is 7.57. The Labute approximate surface area is 273 Å². The van der Waals surface area contributed by atoms with Crippen LogP contribution in [0, 0.1) is 11.7 Å². The van der Waals surface area contributed by atoms with Gasteiger partial charge in [-0.15, -0.1) is 0 Å². The predicted molar refractivity (Wildman–Crippen MR) is 171 cm³/mol. The molecule has 47 heavy (non-hydrogen) atoms. The van der Waals surface area contributed by atoms with Gasteiger partial charge in [0.15, 0.2) is 5.82 Å². The van der Waals surface area contributed by atoms with Crippen molar-refractivity contribution in [3.63, 3.8) is 0 Å². The highest BCUT2D eigenvalue weighted by atomic mass is 35.5. The Balaban J connectivity index is 1.34. The van der Waals surface area contributed by atoms with Crippen molar-refractivity contribution < 1.29 is 31.7 Å². The maximum absolute atomic E-state index is 16.6. The van der Waals surface area contributed by atoms with Crippen molar-refractivity contribution in [3.8, 4) is 17.3 Å². The quantitative estimate of drug-likeness (QED) is 0.101. The molecule has 8 nitrogen and oxygen atoms in total. The number of amides is 1. The molecular formula is C34H32ClF4N6O2+. The monoisotopic (exact) mass is 667 g/mol. The van der Waals surface area contributed by atoms with Crippen LogP contribution in [0.2, 0.25) is 5.02 Å². The molecule has 2 aromatic carbocycles. The average Bonchev–Trinajstić information content (AvgIpc) is 3.68. The lowest BCUT2D eigenvalue weighted by atomic mass is 9.95. The molecule has 3 saturated heterocycles. The van der Waals surface area contributed by atoms with E-state index in [0.717, 1.165) is 35.7 Å². The van der Waals surface area contributed by atoms with Crippen LogP contribution in [-0.4, -0.2) is 98.9 Å². The minimum absolute atomic E-state index is 0.00374. The summed E-state index contributed by atoms with van der Waals surface area (Å²) >= 11 is 6.55. The number of aromatic nitrogens is 3. The van der Waals surface area contributed by atoms with Crippen molar-refractivity contribution in [3.05, 3.63) is 66.1 Å². The zero-order chi connectivity index (χ0) is 33.1. The maximum atomic E-state index is 16.6. The highest BCUT2D eigenvalue weighted by Crippen LogP contribution is 2.41. The second-order valence-electron chi connectivity index (χ2n) is 12.6. The average molecular weight is 668 g/mol. The summed E-state index contributed by atoms with van der Waals surface area (Å²) in [5.74, 6) is -5.86. The number of likely N-dealkylation sites (tertiary alicyclic amines) is 1. The van der Waals surface area contributed by atoms with Crippen LogP contribution in [0.25, 0.3) is 32.9 Å². The molecule has 13 heteroatoms. The fraction of sp³-hybridized carbons (Fsp3) is 0.382. The van der Waals surface area contributed by atoms with Crippen LogP contribution in [0.1, 0.15) is 19.3 Å². The summed E-state index contributed by atoms with van der Waals surface area (Å²) < 4.78 is 68.7. The topological polar surface area (TPSA) is 74.5 Å². The Morgan fingerprint density at radius 1 is 1.21 bits per heavy atom. The lowest BCUT2D eigenvalue weighted by Gasteiger charge is -2.30. The zero-order valence-corrected chi connectivity index (χ0v) is 26.4. The molecule has 0 spiro atoms. The number of halogens is 5. The van der Waals surface area contributed by atoms with Gasteiger partial charge >= 0.3 is 11.8 Å². The number of pyridine rings is 1. The number of benzene rings is 2. The zero-order valence-electron chi connectivity index (χ0n) is 25.6.